The van der Waals surface area contributed by atoms with E-state index in [-0.39, 0.29) is 5.75 Å². The van der Waals surface area contributed by atoms with Gasteiger partial charge >= 0.3 is 0 Å². The first-order chi connectivity index (χ1) is 8.08. The van der Waals surface area contributed by atoms with Crippen LogP contribution in [0.2, 0.25) is 0 Å². The van der Waals surface area contributed by atoms with Crippen LogP contribution in [0.3, 0.4) is 0 Å². The van der Waals surface area contributed by atoms with Crippen LogP contribution in [0.15, 0.2) is 46.9 Å². The number of aliphatic hydroxyl groups is 1. The highest BCUT2D eigenvalue weighted by atomic mass is 79.9. The number of phenols is 1. The number of aliphatic hydroxyl groups excluding tert-OH is 1. The van der Waals surface area contributed by atoms with E-state index in [9.17, 15) is 10.2 Å². The Bertz CT molecular complexity index is 520. The van der Waals surface area contributed by atoms with Crippen LogP contribution < -0.4 is 0 Å². The van der Waals surface area contributed by atoms with Gasteiger partial charge in [-0.3, -0.25) is 0 Å². The standard InChI is InChI=1S/C14H13BrO2/c1-9-2-7-13(16)12(8-9)14(17)10-3-5-11(15)6-4-10/h2-8,14,16-17H,1H3/t14-/m0/s1. The van der Waals surface area contributed by atoms with Crippen molar-refractivity contribution in [1.29, 1.82) is 0 Å². The lowest BCUT2D eigenvalue weighted by Crippen LogP contribution is -2.00. The van der Waals surface area contributed by atoms with Gasteiger partial charge < -0.3 is 10.2 Å². The first-order valence-corrected chi connectivity index (χ1v) is 6.10. The third kappa shape index (κ3) is 2.68. The van der Waals surface area contributed by atoms with E-state index in [1.807, 2.05) is 37.3 Å². The summed E-state index contributed by atoms with van der Waals surface area (Å²) in [6.07, 6.45) is -0.803. The van der Waals surface area contributed by atoms with Crippen LogP contribution in [0.1, 0.15) is 22.8 Å². The highest BCUT2D eigenvalue weighted by Gasteiger charge is 2.14. The number of benzene rings is 2. The van der Waals surface area contributed by atoms with Crippen molar-refractivity contribution < 1.29 is 10.2 Å². The predicted molar refractivity (Wildman–Crippen MR) is 71.0 cm³/mol. The topological polar surface area (TPSA) is 40.5 Å². The number of aromatic hydroxyl groups is 1. The summed E-state index contributed by atoms with van der Waals surface area (Å²) < 4.78 is 0.960. The van der Waals surface area contributed by atoms with E-state index in [4.69, 9.17) is 0 Å². The maximum absolute atomic E-state index is 10.2. The third-order valence-electron chi connectivity index (χ3n) is 2.66. The van der Waals surface area contributed by atoms with Crippen molar-refractivity contribution in [1.82, 2.24) is 0 Å². The Labute approximate surface area is 109 Å². The first kappa shape index (κ1) is 12.1. The fourth-order valence-corrected chi connectivity index (χ4v) is 1.98. The molecule has 0 aliphatic heterocycles. The second-order valence-electron chi connectivity index (χ2n) is 4.02. The Hall–Kier alpha value is -1.32. The van der Waals surface area contributed by atoms with Gasteiger partial charge in [0.15, 0.2) is 0 Å². The molecule has 0 aliphatic carbocycles. The molecule has 0 unspecified atom stereocenters. The smallest absolute Gasteiger partial charge is 0.121 e. The Kier molecular flexibility index (Phi) is 3.50. The molecule has 2 aromatic rings. The molecule has 2 N–H and O–H groups in total. The summed E-state index contributed by atoms with van der Waals surface area (Å²) in [6, 6.07) is 12.6. The molecule has 0 saturated heterocycles. The van der Waals surface area contributed by atoms with Crippen LogP contribution in [-0.2, 0) is 0 Å². The Morgan fingerprint density at radius 2 is 1.71 bits per heavy atom. The molecule has 2 nitrogen and oxygen atoms in total. The Balaban J connectivity index is 2.39. The maximum atomic E-state index is 10.2. The highest BCUT2D eigenvalue weighted by molar-refractivity contribution is 9.10. The van der Waals surface area contributed by atoms with Crippen LogP contribution in [0, 0.1) is 6.92 Å². The molecule has 0 spiro atoms. The average Bonchev–Trinajstić information content (AvgIpc) is 2.32. The zero-order valence-corrected chi connectivity index (χ0v) is 11.0. The van der Waals surface area contributed by atoms with Gasteiger partial charge in [0.25, 0.3) is 0 Å². The highest BCUT2D eigenvalue weighted by Crippen LogP contribution is 2.30. The van der Waals surface area contributed by atoms with Crippen molar-refractivity contribution in [3.05, 3.63) is 63.6 Å². The van der Waals surface area contributed by atoms with Gasteiger partial charge in [-0.1, -0.05) is 39.7 Å². The second kappa shape index (κ2) is 4.90. The van der Waals surface area contributed by atoms with Crippen LogP contribution in [-0.4, -0.2) is 10.2 Å². The molecule has 2 rings (SSSR count). The van der Waals surface area contributed by atoms with E-state index >= 15 is 0 Å². The molecule has 0 fully saturated rings. The predicted octanol–water partition coefficient (Wildman–Crippen LogP) is 3.54. The van der Waals surface area contributed by atoms with Crippen LogP contribution in [0.5, 0.6) is 5.75 Å². The Morgan fingerprint density at radius 1 is 1.06 bits per heavy atom. The lowest BCUT2D eigenvalue weighted by Gasteiger charge is -2.13. The summed E-state index contributed by atoms with van der Waals surface area (Å²) in [6.45, 7) is 1.93. The van der Waals surface area contributed by atoms with Crippen LogP contribution in [0.25, 0.3) is 0 Å². The van der Waals surface area contributed by atoms with Crippen molar-refractivity contribution in [2.45, 2.75) is 13.0 Å². The minimum Gasteiger partial charge on any atom is -0.508 e. The molecule has 17 heavy (non-hydrogen) atoms. The molecule has 0 radical (unpaired) electrons. The van der Waals surface area contributed by atoms with Gasteiger partial charge in [0.1, 0.15) is 11.9 Å². The van der Waals surface area contributed by atoms with Crippen molar-refractivity contribution in [3.8, 4) is 5.75 Å². The number of phenolic OH excluding ortho intramolecular Hbond substituents is 1. The number of hydrogen-bond acceptors (Lipinski definition) is 2. The summed E-state index contributed by atoms with van der Waals surface area (Å²) in [5.74, 6) is 0.117. The maximum Gasteiger partial charge on any atom is 0.121 e. The first-order valence-electron chi connectivity index (χ1n) is 5.31. The van der Waals surface area contributed by atoms with E-state index < -0.39 is 6.10 Å². The lowest BCUT2D eigenvalue weighted by molar-refractivity contribution is 0.215. The summed E-state index contributed by atoms with van der Waals surface area (Å²) in [5.41, 5.74) is 2.30. The molecule has 0 saturated carbocycles. The molecule has 0 bridgehead atoms. The monoisotopic (exact) mass is 292 g/mol. The van der Waals surface area contributed by atoms with Gasteiger partial charge in [-0.15, -0.1) is 0 Å². The molecule has 1 atom stereocenters. The second-order valence-corrected chi connectivity index (χ2v) is 4.93. The average molecular weight is 293 g/mol. The number of aryl methyl sites for hydroxylation is 1. The van der Waals surface area contributed by atoms with Gasteiger partial charge in [0.05, 0.1) is 0 Å². The SMILES string of the molecule is Cc1ccc(O)c([C@@H](O)c2ccc(Br)cc2)c1. The van der Waals surface area contributed by atoms with E-state index in [0.29, 0.717) is 5.56 Å². The third-order valence-corrected chi connectivity index (χ3v) is 3.19. The van der Waals surface area contributed by atoms with Crippen molar-refractivity contribution in [3.63, 3.8) is 0 Å². The minimum absolute atomic E-state index is 0.117. The summed E-state index contributed by atoms with van der Waals surface area (Å²) in [5, 5.41) is 20.0. The van der Waals surface area contributed by atoms with Crippen LogP contribution >= 0.6 is 15.9 Å². The molecule has 88 valence electrons. The van der Waals surface area contributed by atoms with E-state index in [0.717, 1.165) is 15.6 Å². The zero-order valence-electron chi connectivity index (χ0n) is 9.39. The van der Waals surface area contributed by atoms with Crippen molar-refractivity contribution >= 4 is 15.9 Å². The van der Waals surface area contributed by atoms with Crippen molar-refractivity contribution in [2.24, 2.45) is 0 Å². The van der Waals surface area contributed by atoms with Gasteiger partial charge in [0, 0.05) is 10.0 Å². The summed E-state index contributed by atoms with van der Waals surface area (Å²) in [7, 11) is 0. The molecular formula is C14H13BrO2. The number of rotatable bonds is 2. The molecule has 0 aromatic heterocycles. The Morgan fingerprint density at radius 3 is 2.35 bits per heavy atom. The number of hydrogen-bond donors (Lipinski definition) is 2. The summed E-state index contributed by atoms with van der Waals surface area (Å²) >= 11 is 3.35. The molecule has 0 heterocycles. The van der Waals surface area contributed by atoms with Crippen molar-refractivity contribution in [2.75, 3.05) is 0 Å². The molecule has 0 aliphatic rings. The fourth-order valence-electron chi connectivity index (χ4n) is 1.72. The zero-order chi connectivity index (χ0) is 12.4. The molecule has 0 amide bonds. The molecular weight excluding hydrogens is 280 g/mol. The van der Waals surface area contributed by atoms with E-state index in [1.165, 1.54) is 0 Å². The van der Waals surface area contributed by atoms with E-state index in [2.05, 4.69) is 15.9 Å². The normalized spacial score (nSPS) is 12.4. The number of halogens is 1. The van der Waals surface area contributed by atoms with E-state index in [1.54, 1.807) is 12.1 Å². The summed E-state index contributed by atoms with van der Waals surface area (Å²) in [4.78, 5) is 0. The molecule has 3 heteroatoms. The van der Waals surface area contributed by atoms with Gasteiger partial charge in [-0.25, -0.2) is 0 Å². The lowest BCUT2D eigenvalue weighted by atomic mass is 9.99. The minimum atomic E-state index is -0.803. The van der Waals surface area contributed by atoms with Crippen LogP contribution in [0.4, 0.5) is 0 Å². The largest absolute Gasteiger partial charge is 0.508 e. The van der Waals surface area contributed by atoms with Gasteiger partial charge in [0.2, 0.25) is 0 Å². The fraction of sp³-hybridized carbons (Fsp3) is 0.143. The van der Waals surface area contributed by atoms with Gasteiger partial charge in [-0.2, -0.15) is 0 Å². The van der Waals surface area contributed by atoms with Gasteiger partial charge in [-0.05, 0) is 36.8 Å². The quantitative estimate of drug-likeness (QED) is 0.889. The molecule has 2 aromatic carbocycles.